The Balaban J connectivity index is 1.92. The largest absolute Gasteiger partial charge is 0.309 e. The molecule has 0 aromatic heterocycles. The molecule has 0 spiro atoms. The Hall–Kier alpha value is -0.670. The minimum Gasteiger partial charge on any atom is -0.309 e. The van der Waals surface area contributed by atoms with Crippen LogP contribution < -0.4 is 5.32 Å². The fourth-order valence-corrected chi connectivity index (χ4v) is 2.04. The van der Waals surface area contributed by atoms with Gasteiger partial charge in [-0.15, -0.1) is 0 Å². The van der Waals surface area contributed by atoms with Crippen molar-refractivity contribution in [1.82, 2.24) is 5.32 Å². The highest BCUT2D eigenvalue weighted by Crippen LogP contribution is 2.16. The zero-order chi connectivity index (χ0) is 10.7. The maximum absolute atomic E-state index is 13.4. The summed E-state index contributed by atoms with van der Waals surface area (Å²) in [5.41, 5.74) is 0.727. The minimum absolute atomic E-state index is 0.150. The molecule has 1 N–H and O–H groups in total. The van der Waals surface area contributed by atoms with Crippen LogP contribution in [0.2, 0.25) is 0 Å². The number of halogens is 2. The van der Waals surface area contributed by atoms with E-state index >= 15 is 0 Å². The average molecular weight is 270 g/mol. The molecule has 0 bridgehead atoms. The highest BCUT2D eigenvalue weighted by atomic mass is 79.9. The van der Waals surface area contributed by atoms with E-state index in [1.54, 1.807) is 0 Å². The van der Waals surface area contributed by atoms with E-state index in [1.807, 2.05) is 12.1 Å². The van der Waals surface area contributed by atoms with Crippen molar-refractivity contribution in [2.24, 2.45) is 0 Å². The maximum Gasteiger partial charge on any atom is 0.128 e. The highest BCUT2D eigenvalue weighted by molar-refractivity contribution is 9.10. The molecule has 15 heavy (non-hydrogen) atoms. The van der Waals surface area contributed by atoms with Gasteiger partial charge >= 0.3 is 0 Å². The van der Waals surface area contributed by atoms with Crippen LogP contribution in [0.15, 0.2) is 34.8 Å². The molecule has 1 aromatic carbocycles. The lowest BCUT2D eigenvalue weighted by Crippen LogP contribution is -2.26. The van der Waals surface area contributed by atoms with Gasteiger partial charge in [0.15, 0.2) is 0 Å². The van der Waals surface area contributed by atoms with Gasteiger partial charge in [0.1, 0.15) is 5.82 Å². The first-order valence-electron chi connectivity index (χ1n) is 5.08. The Labute approximate surface area is 97.5 Å². The van der Waals surface area contributed by atoms with Crippen LogP contribution >= 0.6 is 15.9 Å². The van der Waals surface area contributed by atoms with Crippen LogP contribution in [-0.2, 0) is 6.54 Å². The molecule has 2 rings (SSSR count). The molecular formula is C12H13BrFN. The molecule has 0 atom stereocenters. The van der Waals surface area contributed by atoms with Crippen LogP contribution in [0.25, 0.3) is 0 Å². The fourth-order valence-electron chi connectivity index (χ4n) is 1.70. The monoisotopic (exact) mass is 269 g/mol. The zero-order valence-corrected chi connectivity index (χ0v) is 9.93. The average Bonchev–Trinajstić information content (AvgIpc) is 2.69. The molecule has 3 heteroatoms. The summed E-state index contributed by atoms with van der Waals surface area (Å²) in [6.45, 7) is 0.603. The number of benzene rings is 1. The quantitative estimate of drug-likeness (QED) is 0.830. The molecule has 1 aromatic rings. The van der Waals surface area contributed by atoms with Gasteiger partial charge in [-0.05, 0) is 25.0 Å². The number of nitrogens with one attached hydrogen (secondary N) is 1. The van der Waals surface area contributed by atoms with E-state index in [1.165, 1.54) is 6.07 Å². The second-order valence-electron chi connectivity index (χ2n) is 3.76. The lowest BCUT2D eigenvalue weighted by molar-refractivity contribution is 0.519. The third-order valence-electron chi connectivity index (χ3n) is 2.60. The first-order chi connectivity index (χ1) is 7.25. The normalized spacial score (nSPS) is 16.1. The van der Waals surface area contributed by atoms with E-state index in [9.17, 15) is 4.39 Å². The summed E-state index contributed by atoms with van der Waals surface area (Å²) < 4.78 is 14.2. The third kappa shape index (κ3) is 2.89. The molecule has 0 radical (unpaired) electrons. The molecule has 80 valence electrons. The summed E-state index contributed by atoms with van der Waals surface area (Å²) in [6.07, 6.45) is 6.43. The number of hydrogen-bond acceptors (Lipinski definition) is 1. The highest BCUT2D eigenvalue weighted by Gasteiger charge is 2.10. The third-order valence-corrected chi connectivity index (χ3v) is 3.10. The van der Waals surface area contributed by atoms with Gasteiger partial charge in [0.05, 0.1) is 0 Å². The topological polar surface area (TPSA) is 12.0 Å². The number of rotatable bonds is 3. The predicted octanol–water partition coefficient (Wildman–Crippen LogP) is 3.40. The van der Waals surface area contributed by atoms with Crippen LogP contribution in [0.4, 0.5) is 4.39 Å². The Morgan fingerprint density at radius 3 is 2.73 bits per heavy atom. The van der Waals surface area contributed by atoms with Gasteiger partial charge in [0.2, 0.25) is 0 Å². The molecule has 1 aliphatic carbocycles. The summed E-state index contributed by atoms with van der Waals surface area (Å²) >= 11 is 3.24. The first-order valence-corrected chi connectivity index (χ1v) is 5.87. The second kappa shape index (κ2) is 4.90. The molecule has 0 fully saturated rings. The molecule has 1 nitrogen and oxygen atoms in total. The van der Waals surface area contributed by atoms with E-state index < -0.39 is 0 Å². The minimum atomic E-state index is -0.150. The molecule has 0 aliphatic heterocycles. The van der Waals surface area contributed by atoms with Crippen molar-refractivity contribution in [2.75, 3.05) is 0 Å². The van der Waals surface area contributed by atoms with Gasteiger partial charge in [-0.3, -0.25) is 0 Å². The lowest BCUT2D eigenvalue weighted by Gasteiger charge is -2.12. The van der Waals surface area contributed by atoms with E-state index in [0.717, 1.165) is 22.9 Å². The predicted molar refractivity (Wildman–Crippen MR) is 63.1 cm³/mol. The summed E-state index contributed by atoms with van der Waals surface area (Å²) in [4.78, 5) is 0. The van der Waals surface area contributed by atoms with Gasteiger partial charge in [-0.1, -0.05) is 34.1 Å². The molecule has 0 unspecified atom stereocenters. The summed E-state index contributed by atoms with van der Waals surface area (Å²) in [5, 5.41) is 3.34. The Kier molecular flexibility index (Phi) is 3.54. The van der Waals surface area contributed by atoms with Crippen molar-refractivity contribution in [3.63, 3.8) is 0 Å². The standard InChI is InChI=1S/C12H13BrFN/c13-10-6-5-9(12(14)7-10)8-15-11-3-1-2-4-11/h1-2,5-7,11,15H,3-4,8H2. The van der Waals surface area contributed by atoms with Crippen molar-refractivity contribution in [1.29, 1.82) is 0 Å². The van der Waals surface area contributed by atoms with E-state index in [-0.39, 0.29) is 5.82 Å². The van der Waals surface area contributed by atoms with E-state index in [4.69, 9.17) is 0 Å². The molecular weight excluding hydrogens is 257 g/mol. The molecule has 0 saturated carbocycles. The Bertz CT molecular complexity index is 368. The smallest absolute Gasteiger partial charge is 0.128 e. The summed E-state index contributed by atoms with van der Waals surface area (Å²) in [5.74, 6) is -0.150. The van der Waals surface area contributed by atoms with Crippen LogP contribution in [-0.4, -0.2) is 6.04 Å². The zero-order valence-electron chi connectivity index (χ0n) is 8.34. The van der Waals surface area contributed by atoms with Crippen molar-refractivity contribution in [3.05, 3.63) is 46.2 Å². The SMILES string of the molecule is Fc1cc(Br)ccc1CNC1CC=CC1. The van der Waals surface area contributed by atoms with Crippen molar-refractivity contribution in [2.45, 2.75) is 25.4 Å². The second-order valence-corrected chi connectivity index (χ2v) is 4.67. The lowest BCUT2D eigenvalue weighted by atomic mass is 10.2. The van der Waals surface area contributed by atoms with Crippen LogP contribution in [0.1, 0.15) is 18.4 Å². The van der Waals surface area contributed by atoms with Gasteiger partial charge in [-0.25, -0.2) is 4.39 Å². The van der Waals surface area contributed by atoms with Crippen LogP contribution in [0.5, 0.6) is 0 Å². The fraction of sp³-hybridized carbons (Fsp3) is 0.333. The van der Waals surface area contributed by atoms with E-state index in [2.05, 4.69) is 33.4 Å². The molecule has 0 heterocycles. The first kappa shape index (κ1) is 10.8. The summed E-state index contributed by atoms with van der Waals surface area (Å²) in [7, 11) is 0. The van der Waals surface area contributed by atoms with Crippen LogP contribution in [0, 0.1) is 5.82 Å². The molecule has 1 aliphatic rings. The van der Waals surface area contributed by atoms with Gasteiger partial charge in [0, 0.05) is 22.6 Å². The van der Waals surface area contributed by atoms with Gasteiger partial charge in [0.25, 0.3) is 0 Å². The maximum atomic E-state index is 13.4. The number of hydrogen-bond donors (Lipinski definition) is 1. The van der Waals surface area contributed by atoms with E-state index in [0.29, 0.717) is 12.6 Å². The Morgan fingerprint density at radius 2 is 2.07 bits per heavy atom. The van der Waals surface area contributed by atoms with Crippen molar-refractivity contribution in [3.8, 4) is 0 Å². The van der Waals surface area contributed by atoms with Crippen molar-refractivity contribution >= 4 is 15.9 Å². The van der Waals surface area contributed by atoms with Gasteiger partial charge < -0.3 is 5.32 Å². The summed E-state index contributed by atoms with van der Waals surface area (Å²) in [6, 6.07) is 5.67. The molecule has 0 saturated heterocycles. The van der Waals surface area contributed by atoms with Crippen molar-refractivity contribution < 1.29 is 4.39 Å². The van der Waals surface area contributed by atoms with Gasteiger partial charge in [-0.2, -0.15) is 0 Å². The van der Waals surface area contributed by atoms with Crippen LogP contribution in [0.3, 0.4) is 0 Å². The molecule has 0 amide bonds. The Morgan fingerprint density at radius 1 is 1.33 bits per heavy atom.